The van der Waals surface area contributed by atoms with E-state index in [1.54, 1.807) is 11.3 Å². The SMILES string of the molecule is O=C(COc1ccccc1)N[C@H](c1cccs1)C1CCCC1. The van der Waals surface area contributed by atoms with E-state index in [1.807, 2.05) is 30.3 Å². The molecule has 1 amide bonds. The van der Waals surface area contributed by atoms with E-state index in [-0.39, 0.29) is 18.6 Å². The molecule has 0 unspecified atom stereocenters. The Bertz CT molecular complexity index is 576. The van der Waals surface area contributed by atoms with Crippen LogP contribution < -0.4 is 10.1 Å². The Kier molecular flexibility index (Phi) is 5.11. The minimum Gasteiger partial charge on any atom is -0.484 e. The van der Waals surface area contributed by atoms with Gasteiger partial charge in [0.2, 0.25) is 0 Å². The number of hydrogen-bond acceptors (Lipinski definition) is 3. The molecule has 3 nitrogen and oxygen atoms in total. The van der Waals surface area contributed by atoms with Gasteiger partial charge in [-0.1, -0.05) is 37.1 Å². The Morgan fingerprint density at radius 3 is 2.64 bits per heavy atom. The smallest absolute Gasteiger partial charge is 0.258 e. The summed E-state index contributed by atoms with van der Waals surface area (Å²) in [6.07, 6.45) is 4.93. The lowest BCUT2D eigenvalue weighted by atomic mass is 9.96. The Labute approximate surface area is 135 Å². The van der Waals surface area contributed by atoms with Gasteiger partial charge in [-0.25, -0.2) is 0 Å². The molecule has 1 heterocycles. The summed E-state index contributed by atoms with van der Waals surface area (Å²) in [7, 11) is 0. The van der Waals surface area contributed by atoms with Crippen molar-refractivity contribution < 1.29 is 9.53 Å². The van der Waals surface area contributed by atoms with Crippen molar-refractivity contribution in [2.45, 2.75) is 31.7 Å². The number of amides is 1. The van der Waals surface area contributed by atoms with Gasteiger partial charge in [0, 0.05) is 4.88 Å². The molecule has 4 heteroatoms. The molecule has 116 valence electrons. The fourth-order valence-corrected chi connectivity index (χ4v) is 3.93. The lowest BCUT2D eigenvalue weighted by molar-refractivity contribution is -0.124. The van der Waals surface area contributed by atoms with Gasteiger partial charge >= 0.3 is 0 Å². The second kappa shape index (κ2) is 7.45. The van der Waals surface area contributed by atoms with Crippen LogP contribution >= 0.6 is 11.3 Å². The third kappa shape index (κ3) is 3.89. The van der Waals surface area contributed by atoms with E-state index in [1.165, 1.54) is 30.6 Å². The topological polar surface area (TPSA) is 38.3 Å². The maximum absolute atomic E-state index is 12.2. The Morgan fingerprint density at radius 2 is 1.95 bits per heavy atom. The number of carbonyl (C=O) groups excluding carboxylic acids is 1. The van der Waals surface area contributed by atoms with Crippen LogP contribution in [0.5, 0.6) is 5.75 Å². The summed E-state index contributed by atoms with van der Waals surface area (Å²) in [6, 6.07) is 13.8. The van der Waals surface area contributed by atoms with Crippen molar-refractivity contribution in [2.75, 3.05) is 6.61 Å². The Hall–Kier alpha value is -1.81. The standard InChI is InChI=1S/C18H21NO2S/c20-17(13-21-15-9-2-1-3-10-15)19-18(14-7-4-5-8-14)16-11-6-12-22-16/h1-3,6,9-12,14,18H,4-5,7-8,13H2,(H,19,20)/t18-/m0/s1. The summed E-state index contributed by atoms with van der Waals surface area (Å²) in [5.41, 5.74) is 0. The number of thiophene rings is 1. The molecule has 1 N–H and O–H groups in total. The molecule has 1 aromatic heterocycles. The van der Waals surface area contributed by atoms with Gasteiger partial charge in [0.05, 0.1) is 6.04 Å². The fourth-order valence-electron chi connectivity index (χ4n) is 3.06. The molecule has 2 aromatic rings. The first-order valence-corrected chi connectivity index (χ1v) is 8.71. The van der Waals surface area contributed by atoms with E-state index in [4.69, 9.17) is 4.74 Å². The summed E-state index contributed by atoms with van der Waals surface area (Å²) in [5, 5.41) is 5.25. The minimum atomic E-state index is -0.0471. The zero-order valence-corrected chi connectivity index (χ0v) is 13.4. The van der Waals surface area contributed by atoms with Gasteiger partial charge in [0.15, 0.2) is 6.61 Å². The summed E-state index contributed by atoms with van der Waals surface area (Å²) in [4.78, 5) is 13.5. The number of ether oxygens (including phenoxy) is 1. The van der Waals surface area contributed by atoms with Gasteiger partial charge < -0.3 is 10.1 Å². The zero-order chi connectivity index (χ0) is 15.2. The number of rotatable bonds is 6. The van der Waals surface area contributed by atoms with Gasteiger partial charge in [0.25, 0.3) is 5.91 Å². The number of benzene rings is 1. The molecule has 0 aliphatic heterocycles. The average molecular weight is 315 g/mol. The lowest BCUT2D eigenvalue weighted by Gasteiger charge is -2.23. The Balaban J connectivity index is 1.59. The number of para-hydroxylation sites is 1. The highest BCUT2D eigenvalue weighted by atomic mass is 32.1. The second-order valence-corrected chi connectivity index (χ2v) is 6.69. The maximum Gasteiger partial charge on any atom is 0.258 e. The van der Waals surface area contributed by atoms with Gasteiger partial charge in [-0.3, -0.25) is 4.79 Å². The van der Waals surface area contributed by atoms with Gasteiger partial charge in [-0.2, -0.15) is 0 Å². The largest absolute Gasteiger partial charge is 0.484 e. The van der Waals surface area contributed by atoms with Crippen LogP contribution in [-0.4, -0.2) is 12.5 Å². The molecule has 1 aliphatic rings. The molecule has 3 rings (SSSR count). The summed E-state index contributed by atoms with van der Waals surface area (Å²) in [5.74, 6) is 1.24. The lowest BCUT2D eigenvalue weighted by Crippen LogP contribution is -2.35. The van der Waals surface area contributed by atoms with E-state index in [2.05, 4.69) is 22.8 Å². The van der Waals surface area contributed by atoms with Crippen LogP contribution in [0.15, 0.2) is 47.8 Å². The van der Waals surface area contributed by atoms with Gasteiger partial charge in [0.1, 0.15) is 5.75 Å². The third-order valence-electron chi connectivity index (χ3n) is 4.15. The predicted molar refractivity (Wildman–Crippen MR) is 89.1 cm³/mol. The fraction of sp³-hybridized carbons (Fsp3) is 0.389. The van der Waals surface area contributed by atoms with Crippen LogP contribution in [0.25, 0.3) is 0 Å². The quantitative estimate of drug-likeness (QED) is 0.868. The van der Waals surface area contributed by atoms with Crippen molar-refractivity contribution in [3.8, 4) is 5.75 Å². The van der Waals surface area contributed by atoms with Crippen molar-refractivity contribution in [2.24, 2.45) is 5.92 Å². The van der Waals surface area contributed by atoms with E-state index in [0.717, 1.165) is 5.75 Å². The number of carbonyl (C=O) groups is 1. The third-order valence-corrected chi connectivity index (χ3v) is 5.11. The summed E-state index contributed by atoms with van der Waals surface area (Å²) >= 11 is 1.72. The molecule has 0 spiro atoms. The van der Waals surface area contributed by atoms with Gasteiger partial charge in [-0.05, 0) is 42.3 Å². The van der Waals surface area contributed by atoms with E-state index < -0.39 is 0 Å². The van der Waals surface area contributed by atoms with E-state index in [9.17, 15) is 4.79 Å². The van der Waals surface area contributed by atoms with Crippen LogP contribution in [0.1, 0.15) is 36.6 Å². The molecule has 0 radical (unpaired) electrons. The van der Waals surface area contributed by atoms with Crippen molar-refractivity contribution in [1.82, 2.24) is 5.32 Å². The summed E-state index contributed by atoms with van der Waals surface area (Å²) < 4.78 is 5.54. The zero-order valence-electron chi connectivity index (χ0n) is 12.5. The molecule has 1 atom stereocenters. The van der Waals surface area contributed by atoms with Crippen molar-refractivity contribution in [3.63, 3.8) is 0 Å². The van der Waals surface area contributed by atoms with Crippen LogP contribution in [0.2, 0.25) is 0 Å². The first kappa shape index (κ1) is 15.1. The normalized spacial score (nSPS) is 16.4. The van der Waals surface area contributed by atoms with Crippen LogP contribution in [0.4, 0.5) is 0 Å². The predicted octanol–water partition coefficient (Wildman–Crippen LogP) is 4.17. The van der Waals surface area contributed by atoms with Crippen molar-refractivity contribution >= 4 is 17.2 Å². The van der Waals surface area contributed by atoms with Crippen LogP contribution in [0.3, 0.4) is 0 Å². The molecular weight excluding hydrogens is 294 g/mol. The highest BCUT2D eigenvalue weighted by Crippen LogP contribution is 2.37. The maximum atomic E-state index is 12.2. The average Bonchev–Trinajstić information content (AvgIpc) is 3.25. The van der Waals surface area contributed by atoms with Gasteiger partial charge in [-0.15, -0.1) is 11.3 Å². The molecule has 1 saturated carbocycles. The summed E-state index contributed by atoms with van der Waals surface area (Å²) in [6.45, 7) is 0.0681. The van der Waals surface area contributed by atoms with Crippen molar-refractivity contribution in [1.29, 1.82) is 0 Å². The number of nitrogens with one attached hydrogen (secondary N) is 1. The molecule has 0 saturated heterocycles. The monoisotopic (exact) mass is 315 g/mol. The molecule has 1 aromatic carbocycles. The molecule has 1 fully saturated rings. The minimum absolute atomic E-state index is 0.0471. The molecule has 0 bridgehead atoms. The molecule has 22 heavy (non-hydrogen) atoms. The van der Waals surface area contributed by atoms with Crippen LogP contribution in [0, 0.1) is 5.92 Å². The highest BCUT2D eigenvalue weighted by Gasteiger charge is 2.28. The molecular formula is C18H21NO2S. The highest BCUT2D eigenvalue weighted by molar-refractivity contribution is 7.10. The van der Waals surface area contributed by atoms with Crippen molar-refractivity contribution in [3.05, 3.63) is 52.7 Å². The van der Waals surface area contributed by atoms with Crippen LogP contribution in [-0.2, 0) is 4.79 Å². The first-order chi connectivity index (χ1) is 10.8. The molecule has 1 aliphatic carbocycles. The number of hydrogen-bond donors (Lipinski definition) is 1. The van der Waals surface area contributed by atoms with E-state index in [0.29, 0.717) is 5.92 Å². The second-order valence-electron chi connectivity index (χ2n) is 5.71. The Morgan fingerprint density at radius 1 is 1.18 bits per heavy atom. The first-order valence-electron chi connectivity index (χ1n) is 7.83. The van der Waals surface area contributed by atoms with E-state index >= 15 is 0 Å².